The van der Waals surface area contributed by atoms with Crippen LogP contribution in [0.4, 0.5) is 5.69 Å². The first kappa shape index (κ1) is 19.1. The molecule has 1 aromatic heterocycles. The van der Waals surface area contributed by atoms with E-state index >= 15 is 0 Å². The van der Waals surface area contributed by atoms with Crippen LogP contribution in [0, 0.1) is 11.8 Å². The van der Waals surface area contributed by atoms with Gasteiger partial charge in [-0.15, -0.1) is 0 Å². The molecule has 0 bridgehead atoms. The van der Waals surface area contributed by atoms with Crippen LogP contribution in [0.5, 0.6) is 0 Å². The molecule has 0 spiro atoms. The lowest BCUT2D eigenvalue weighted by atomic mass is 9.94. The van der Waals surface area contributed by atoms with Gasteiger partial charge in [0.05, 0.1) is 4.90 Å². The number of carbonyl (C=O) groups excluding carboxylic acids is 1. The van der Waals surface area contributed by atoms with Gasteiger partial charge in [0.2, 0.25) is 10.0 Å². The summed E-state index contributed by atoms with van der Waals surface area (Å²) >= 11 is 3.15. The summed E-state index contributed by atoms with van der Waals surface area (Å²) in [6.07, 6.45) is 1.04. The third-order valence-electron chi connectivity index (χ3n) is 4.38. The lowest BCUT2D eigenvalue weighted by molar-refractivity contribution is 0.0995. The summed E-state index contributed by atoms with van der Waals surface area (Å²) < 4.78 is 32.9. The first-order valence-electron chi connectivity index (χ1n) is 8.42. The van der Waals surface area contributed by atoms with Gasteiger partial charge in [0.1, 0.15) is 0 Å². The minimum Gasteiger partial charge on any atom is -0.444 e. The fraction of sp³-hybridized carbons (Fsp3) is 0.389. The first-order chi connectivity index (χ1) is 12.3. The summed E-state index contributed by atoms with van der Waals surface area (Å²) in [5, 5.41) is 2.68. The van der Waals surface area contributed by atoms with E-state index in [1.54, 1.807) is 28.6 Å². The molecular formula is C18H21BrN2O4S. The van der Waals surface area contributed by atoms with Crippen LogP contribution < -0.4 is 5.32 Å². The zero-order valence-corrected chi connectivity index (χ0v) is 17.0. The van der Waals surface area contributed by atoms with E-state index in [0.717, 1.165) is 6.42 Å². The molecule has 3 rings (SSSR count). The number of rotatable bonds is 4. The third-order valence-corrected chi connectivity index (χ3v) is 6.65. The SMILES string of the molecule is C[C@H]1C[C@H](C)CN(S(=O)(=O)c2ccc(NC(=O)c3ccc(Br)o3)cc2)C1. The van der Waals surface area contributed by atoms with Crippen LogP contribution in [-0.4, -0.2) is 31.7 Å². The van der Waals surface area contributed by atoms with Gasteiger partial charge in [-0.3, -0.25) is 4.79 Å². The van der Waals surface area contributed by atoms with Crippen molar-refractivity contribution < 1.29 is 17.6 Å². The molecule has 1 saturated heterocycles. The normalized spacial score (nSPS) is 21.5. The highest BCUT2D eigenvalue weighted by molar-refractivity contribution is 9.10. The molecule has 8 heteroatoms. The minimum atomic E-state index is -3.53. The molecule has 0 unspecified atom stereocenters. The predicted octanol–water partition coefficient (Wildman–Crippen LogP) is 3.96. The van der Waals surface area contributed by atoms with E-state index in [4.69, 9.17) is 4.42 Å². The lowest BCUT2D eigenvalue weighted by Gasteiger charge is -2.34. The van der Waals surface area contributed by atoms with Crippen LogP contribution in [-0.2, 0) is 10.0 Å². The van der Waals surface area contributed by atoms with E-state index in [1.807, 2.05) is 0 Å². The number of hydrogen-bond acceptors (Lipinski definition) is 4. The molecule has 2 atom stereocenters. The Morgan fingerprint density at radius 2 is 1.73 bits per heavy atom. The summed E-state index contributed by atoms with van der Waals surface area (Å²) in [7, 11) is -3.53. The van der Waals surface area contributed by atoms with Crippen molar-refractivity contribution in [2.45, 2.75) is 25.2 Å². The van der Waals surface area contributed by atoms with E-state index in [0.29, 0.717) is 35.3 Å². The molecule has 0 radical (unpaired) electrons. The van der Waals surface area contributed by atoms with Gasteiger partial charge in [-0.1, -0.05) is 13.8 Å². The van der Waals surface area contributed by atoms with Crippen molar-refractivity contribution in [2.75, 3.05) is 18.4 Å². The Morgan fingerprint density at radius 3 is 2.27 bits per heavy atom. The maximum atomic E-state index is 12.9. The fourth-order valence-corrected chi connectivity index (χ4v) is 5.28. The maximum Gasteiger partial charge on any atom is 0.291 e. The lowest BCUT2D eigenvalue weighted by Crippen LogP contribution is -2.42. The largest absolute Gasteiger partial charge is 0.444 e. The monoisotopic (exact) mass is 440 g/mol. The van der Waals surface area contributed by atoms with E-state index in [-0.39, 0.29) is 10.7 Å². The fourth-order valence-electron chi connectivity index (χ4n) is 3.29. The summed E-state index contributed by atoms with van der Waals surface area (Å²) in [4.78, 5) is 12.3. The van der Waals surface area contributed by atoms with Crippen molar-refractivity contribution in [3.05, 3.63) is 46.8 Å². The summed E-state index contributed by atoms with van der Waals surface area (Å²) in [5.74, 6) is 0.467. The minimum absolute atomic E-state index is 0.171. The number of hydrogen-bond donors (Lipinski definition) is 1. The highest BCUT2D eigenvalue weighted by Gasteiger charge is 2.31. The third kappa shape index (κ3) is 4.19. The van der Waals surface area contributed by atoms with Gasteiger partial charge in [0, 0.05) is 18.8 Å². The Kier molecular flexibility index (Phi) is 5.55. The number of sulfonamides is 1. The summed E-state index contributed by atoms with van der Waals surface area (Å²) in [5.41, 5.74) is 0.502. The van der Waals surface area contributed by atoms with Gasteiger partial charge in [0.15, 0.2) is 10.4 Å². The van der Waals surface area contributed by atoms with Gasteiger partial charge in [-0.25, -0.2) is 8.42 Å². The molecule has 2 aromatic rings. The molecule has 140 valence electrons. The molecule has 0 aliphatic carbocycles. The molecular weight excluding hydrogens is 420 g/mol. The molecule has 1 aliphatic rings. The molecule has 1 fully saturated rings. The number of benzene rings is 1. The van der Waals surface area contributed by atoms with E-state index < -0.39 is 15.9 Å². The van der Waals surface area contributed by atoms with Gasteiger partial charge in [0.25, 0.3) is 5.91 Å². The second-order valence-corrected chi connectivity index (χ2v) is 9.57. The van der Waals surface area contributed by atoms with Crippen LogP contribution >= 0.6 is 15.9 Å². The molecule has 0 saturated carbocycles. The molecule has 1 aromatic carbocycles. The smallest absolute Gasteiger partial charge is 0.291 e. The second kappa shape index (κ2) is 7.54. The number of furan rings is 1. The predicted molar refractivity (Wildman–Crippen MR) is 103 cm³/mol. The van der Waals surface area contributed by atoms with Gasteiger partial charge >= 0.3 is 0 Å². The highest BCUT2D eigenvalue weighted by Crippen LogP contribution is 2.27. The molecule has 1 amide bonds. The number of carbonyl (C=O) groups is 1. The Bertz CT molecular complexity index is 882. The molecule has 26 heavy (non-hydrogen) atoms. The van der Waals surface area contributed by atoms with Gasteiger partial charge < -0.3 is 9.73 Å². The second-order valence-electron chi connectivity index (χ2n) is 6.85. The van der Waals surface area contributed by atoms with E-state index in [2.05, 4.69) is 35.1 Å². The summed E-state index contributed by atoms with van der Waals surface area (Å²) in [6.45, 7) is 5.23. The highest BCUT2D eigenvalue weighted by atomic mass is 79.9. The van der Waals surface area contributed by atoms with E-state index in [9.17, 15) is 13.2 Å². The average molecular weight is 441 g/mol. The zero-order valence-electron chi connectivity index (χ0n) is 14.6. The topological polar surface area (TPSA) is 79.6 Å². The van der Waals surface area contributed by atoms with Crippen LogP contribution in [0.2, 0.25) is 0 Å². The van der Waals surface area contributed by atoms with E-state index in [1.165, 1.54) is 12.1 Å². The Labute approximate surface area is 161 Å². The Hall–Kier alpha value is -1.64. The number of nitrogens with zero attached hydrogens (tertiary/aromatic N) is 1. The maximum absolute atomic E-state index is 12.9. The number of halogens is 1. The van der Waals surface area contributed by atoms with Crippen molar-refractivity contribution in [3.63, 3.8) is 0 Å². The number of nitrogens with one attached hydrogen (secondary N) is 1. The molecule has 1 N–H and O–H groups in total. The van der Waals surface area contributed by atoms with Crippen molar-refractivity contribution >= 4 is 37.5 Å². The Morgan fingerprint density at radius 1 is 1.12 bits per heavy atom. The quantitative estimate of drug-likeness (QED) is 0.779. The zero-order chi connectivity index (χ0) is 18.9. The molecule has 1 aliphatic heterocycles. The summed E-state index contributed by atoms with van der Waals surface area (Å²) in [6, 6.07) is 9.39. The molecule has 6 nitrogen and oxygen atoms in total. The van der Waals surface area contributed by atoms with Crippen LogP contribution in [0.1, 0.15) is 30.8 Å². The average Bonchev–Trinajstić information content (AvgIpc) is 3.01. The van der Waals surface area contributed by atoms with Crippen molar-refractivity contribution in [3.8, 4) is 0 Å². The van der Waals surface area contributed by atoms with Crippen molar-refractivity contribution in [1.82, 2.24) is 4.31 Å². The van der Waals surface area contributed by atoms with Crippen molar-refractivity contribution in [2.24, 2.45) is 11.8 Å². The van der Waals surface area contributed by atoms with Crippen LogP contribution in [0.15, 0.2) is 50.4 Å². The first-order valence-corrected chi connectivity index (χ1v) is 10.7. The Balaban J connectivity index is 1.73. The number of piperidine rings is 1. The molecule has 2 heterocycles. The van der Waals surface area contributed by atoms with Crippen molar-refractivity contribution in [1.29, 1.82) is 0 Å². The van der Waals surface area contributed by atoms with Gasteiger partial charge in [-0.2, -0.15) is 4.31 Å². The number of amides is 1. The van der Waals surface area contributed by atoms with Crippen LogP contribution in [0.25, 0.3) is 0 Å². The standard InChI is InChI=1S/C18H21BrN2O4S/c1-12-9-13(2)11-21(10-12)26(23,24)15-5-3-14(4-6-15)20-18(22)16-7-8-17(19)25-16/h3-8,12-13H,9-11H2,1-2H3,(H,20,22)/t12-,13-/m0/s1. The van der Waals surface area contributed by atoms with Gasteiger partial charge in [-0.05, 0) is 70.6 Å². The number of anilines is 1. The van der Waals surface area contributed by atoms with Crippen LogP contribution in [0.3, 0.4) is 0 Å².